The number of anilines is 2. The van der Waals surface area contributed by atoms with E-state index < -0.39 is 41.6 Å². The molecular weight excluding hydrogens is 821 g/mol. The number of hydrogen-bond donors (Lipinski definition) is 6. The Hall–Kier alpha value is -5.88. The largest absolute Gasteiger partial charge is 0.573 e. The third-order valence-corrected chi connectivity index (χ3v) is 10.5. The van der Waals surface area contributed by atoms with Gasteiger partial charge in [-0.1, -0.05) is 56.6 Å². The van der Waals surface area contributed by atoms with Crippen LogP contribution in [0.25, 0.3) is 22.4 Å². The summed E-state index contributed by atoms with van der Waals surface area (Å²) in [7, 11) is 1.24. The van der Waals surface area contributed by atoms with Crippen LogP contribution in [0.3, 0.4) is 0 Å². The molecule has 0 saturated carbocycles. The van der Waals surface area contributed by atoms with Crippen molar-refractivity contribution in [2.75, 3.05) is 44.0 Å². The van der Waals surface area contributed by atoms with Crippen molar-refractivity contribution in [1.29, 1.82) is 0 Å². The Balaban J connectivity index is 1.30. The van der Waals surface area contributed by atoms with Gasteiger partial charge in [-0.05, 0) is 67.9 Å². The smallest absolute Gasteiger partial charge is 0.453 e. The van der Waals surface area contributed by atoms with Gasteiger partial charge in [-0.3, -0.25) is 14.4 Å². The Kier molecular flexibility index (Phi) is 14.9. The molecule has 6 N–H and O–H groups in total. The number of alkyl carbamates (subject to hydrolysis) is 1. The molecule has 0 aliphatic carbocycles. The molecule has 5 rings (SSSR count). The summed E-state index contributed by atoms with van der Waals surface area (Å²) in [5, 5.41) is 20.2. The highest BCUT2D eigenvalue weighted by Gasteiger charge is 2.38. The van der Waals surface area contributed by atoms with E-state index >= 15 is 0 Å². The molecule has 0 unspecified atom stereocenters. The van der Waals surface area contributed by atoms with Crippen LogP contribution >= 0.6 is 11.6 Å². The fraction of sp³-hybridized carbons (Fsp3) is 0.429. The van der Waals surface area contributed by atoms with E-state index in [0.717, 1.165) is 12.5 Å². The SMILES string of the molecule is COC(=O)N[C@H](C(=O)N1C[C@@H](C)CC[C@H]1c1ncc(-c2ccc(-c3cc(Cl)c(NC(=O)c4ccc(NCCNC(=O)C(C)(C)CO)nc4)cc3OC(F)(F)F)cc2)[nH]1)C(C)C. The second-order valence-electron chi connectivity index (χ2n) is 15.8. The zero-order valence-electron chi connectivity index (χ0n) is 34.6. The van der Waals surface area contributed by atoms with Crippen molar-refractivity contribution in [3.8, 4) is 28.1 Å². The van der Waals surface area contributed by atoms with Gasteiger partial charge in [0, 0.05) is 37.5 Å². The summed E-state index contributed by atoms with van der Waals surface area (Å²) in [5.41, 5.74) is 0.643. The number of aliphatic hydroxyl groups is 1. The summed E-state index contributed by atoms with van der Waals surface area (Å²) in [6.07, 6.45) is -1.40. The molecule has 61 heavy (non-hydrogen) atoms. The molecule has 328 valence electrons. The van der Waals surface area contributed by atoms with Crippen molar-refractivity contribution < 1.29 is 46.9 Å². The molecule has 1 fully saturated rings. The number of aromatic nitrogens is 3. The lowest BCUT2D eigenvalue weighted by Gasteiger charge is -2.40. The van der Waals surface area contributed by atoms with Gasteiger partial charge in [-0.25, -0.2) is 14.8 Å². The van der Waals surface area contributed by atoms with Crippen molar-refractivity contribution in [3.05, 3.63) is 77.3 Å². The number of benzene rings is 2. The summed E-state index contributed by atoms with van der Waals surface area (Å²) in [6.45, 7) is 9.68. The van der Waals surface area contributed by atoms with E-state index in [-0.39, 0.29) is 58.6 Å². The van der Waals surface area contributed by atoms with E-state index in [2.05, 4.69) is 47.9 Å². The normalized spacial score (nSPS) is 16.1. The molecule has 0 spiro atoms. The molecular formula is C42H50ClF3N8O7. The Morgan fingerprint density at radius 3 is 2.33 bits per heavy atom. The molecule has 1 aliphatic rings. The number of pyridine rings is 1. The van der Waals surface area contributed by atoms with Gasteiger partial charge in [-0.15, -0.1) is 13.2 Å². The number of nitrogens with zero attached hydrogens (tertiary/aromatic N) is 3. The van der Waals surface area contributed by atoms with Crippen LogP contribution in [0.4, 0.5) is 29.5 Å². The van der Waals surface area contributed by atoms with Crippen molar-refractivity contribution >= 4 is 46.9 Å². The third-order valence-electron chi connectivity index (χ3n) is 10.2. The third kappa shape index (κ3) is 11.9. The Morgan fingerprint density at radius 1 is 1.00 bits per heavy atom. The number of likely N-dealkylation sites (tertiary alicyclic amines) is 1. The number of piperidine rings is 1. The number of hydrogen-bond acceptors (Lipinski definition) is 10. The first-order valence-electron chi connectivity index (χ1n) is 19.6. The number of aliphatic hydroxyl groups excluding tert-OH is 1. The van der Waals surface area contributed by atoms with Crippen LogP contribution in [0.1, 0.15) is 69.7 Å². The maximum Gasteiger partial charge on any atom is 0.573 e. The first-order valence-corrected chi connectivity index (χ1v) is 20.0. The molecule has 3 heterocycles. The molecule has 15 nitrogen and oxygen atoms in total. The van der Waals surface area contributed by atoms with Gasteiger partial charge in [0.05, 0.1) is 53.3 Å². The van der Waals surface area contributed by atoms with Gasteiger partial charge in [0.25, 0.3) is 5.91 Å². The van der Waals surface area contributed by atoms with Crippen molar-refractivity contribution in [1.82, 2.24) is 30.5 Å². The molecule has 4 amide bonds. The molecule has 1 aliphatic heterocycles. The van der Waals surface area contributed by atoms with Crippen molar-refractivity contribution in [3.63, 3.8) is 0 Å². The number of carbonyl (C=O) groups excluding carboxylic acids is 4. The summed E-state index contributed by atoms with van der Waals surface area (Å²) >= 11 is 6.54. The lowest BCUT2D eigenvalue weighted by atomic mass is 9.91. The summed E-state index contributed by atoms with van der Waals surface area (Å²) in [6, 6.07) is 10.6. The highest BCUT2D eigenvalue weighted by Crippen LogP contribution is 2.41. The number of imidazole rings is 1. The number of alkyl halides is 3. The zero-order valence-corrected chi connectivity index (χ0v) is 35.3. The lowest BCUT2D eigenvalue weighted by molar-refractivity contribution is -0.274. The zero-order chi connectivity index (χ0) is 44.6. The summed E-state index contributed by atoms with van der Waals surface area (Å²) < 4.78 is 50.3. The van der Waals surface area contributed by atoms with Crippen LogP contribution in [-0.4, -0.2) is 94.5 Å². The standard InChI is InChI=1S/C42H50ClF3N8O7/c1-23(2)35(53-40(59)60-6)38(57)54-21-24(3)7-13-32(54)36-50-20-31(51-36)26-10-8-25(9-11-26)28-17-29(43)30(18-33(28)61-42(44,45)46)52-37(56)27-12-14-34(49-19-27)47-15-16-48-39(58)41(4,5)22-55/h8-12,14,17-20,23-24,32,35,55H,7,13,15-16,21-22H2,1-6H3,(H,47,49)(H,48,58)(H,50,51)(H,52,56)(H,53,59)/t24-,32-,35-/m0/s1. The summed E-state index contributed by atoms with van der Waals surface area (Å²) in [5.74, 6) is -0.890. The first kappa shape index (κ1) is 46.2. The number of methoxy groups -OCH3 is 1. The van der Waals surface area contributed by atoms with Crippen LogP contribution in [0.5, 0.6) is 5.75 Å². The molecule has 19 heteroatoms. The highest BCUT2D eigenvalue weighted by molar-refractivity contribution is 6.34. The van der Waals surface area contributed by atoms with Crippen LogP contribution in [0.15, 0.2) is 60.9 Å². The van der Waals surface area contributed by atoms with E-state index in [1.165, 1.54) is 31.5 Å². The first-order chi connectivity index (χ1) is 28.8. The number of halogens is 4. The lowest BCUT2D eigenvalue weighted by Crippen LogP contribution is -2.54. The average Bonchev–Trinajstić information content (AvgIpc) is 3.72. The molecule has 2 aromatic carbocycles. The predicted molar refractivity (Wildman–Crippen MR) is 223 cm³/mol. The Bertz CT molecular complexity index is 2180. The highest BCUT2D eigenvalue weighted by atomic mass is 35.5. The van der Waals surface area contributed by atoms with E-state index in [1.807, 2.05) is 13.8 Å². The van der Waals surface area contributed by atoms with Crippen LogP contribution in [0, 0.1) is 17.3 Å². The molecule has 4 aromatic rings. The van der Waals surface area contributed by atoms with Crippen molar-refractivity contribution in [2.45, 2.75) is 65.9 Å². The number of rotatable bonds is 15. The van der Waals surface area contributed by atoms with Crippen LogP contribution in [-0.2, 0) is 14.3 Å². The maximum atomic E-state index is 13.8. The van der Waals surface area contributed by atoms with E-state index in [4.69, 9.17) is 16.3 Å². The summed E-state index contributed by atoms with van der Waals surface area (Å²) in [4.78, 5) is 65.0. The maximum absolute atomic E-state index is 13.8. The van der Waals surface area contributed by atoms with Gasteiger partial charge in [0.1, 0.15) is 23.4 Å². The number of amides is 4. The van der Waals surface area contributed by atoms with Crippen LogP contribution < -0.4 is 26.0 Å². The van der Waals surface area contributed by atoms with Crippen LogP contribution in [0.2, 0.25) is 5.02 Å². The number of aromatic amines is 1. The average molecular weight is 871 g/mol. The quantitative estimate of drug-likeness (QED) is 0.0666. The number of carbonyl (C=O) groups is 4. The van der Waals surface area contributed by atoms with E-state index in [1.54, 1.807) is 49.2 Å². The Morgan fingerprint density at radius 2 is 1.70 bits per heavy atom. The van der Waals surface area contributed by atoms with Gasteiger partial charge in [0.15, 0.2) is 0 Å². The second kappa shape index (κ2) is 19.7. The van der Waals surface area contributed by atoms with Gasteiger partial charge >= 0.3 is 12.5 Å². The van der Waals surface area contributed by atoms with Gasteiger partial charge in [-0.2, -0.15) is 0 Å². The minimum Gasteiger partial charge on any atom is -0.453 e. The van der Waals surface area contributed by atoms with Gasteiger partial charge in [0.2, 0.25) is 11.8 Å². The van der Waals surface area contributed by atoms with Crippen molar-refractivity contribution in [2.24, 2.45) is 17.3 Å². The predicted octanol–water partition coefficient (Wildman–Crippen LogP) is 7.17. The Labute approximate surface area is 356 Å². The van der Waals surface area contributed by atoms with E-state index in [9.17, 15) is 37.5 Å². The van der Waals surface area contributed by atoms with Gasteiger partial charge < -0.3 is 45.7 Å². The minimum atomic E-state index is -5.07. The fourth-order valence-corrected chi connectivity index (χ4v) is 6.84. The minimum absolute atomic E-state index is 0.0103. The second-order valence-corrected chi connectivity index (χ2v) is 16.2. The molecule has 1 saturated heterocycles. The molecule has 0 radical (unpaired) electrons. The number of nitrogens with one attached hydrogen (secondary N) is 5. The molecule has 2 aromatic heterocycles. The fourth-order valence-electron chi connectivity index (χ4n) is 6.63. The van der Waals surface area contributed by atoms with E-state index in [0.29, 0.717) is 48.0 Å². The monoisotopic (exact) mass is 870 g/mol. The number of H-pyrrole nitrogens is 1. The molecule has 0 bridgehead atoms. The molecule has 3 atom stereocenters. The number of ether oxygens (including phenoxy) is 2. The topological polar surface area (TPSA) is 200 Å².